The van der Waals surface area contributed by atoms with Gasteiger partial charge >= 0.3 is 6.18 Å². The number of rotatable bonds is 7. The smallest absolute Gasteiger partial charge is 0.375 e. The molecule has 0 aliphatic heterocycles. The van der Waals surface area contributed by atoms with E-state index in [9.17, 15) is 13.2 Å². The van der Waals surface area contributed by atoms with E-state index in [1.54, 1.807) is 13.2 Å². The highest BCUT2D eigenvalue weighted by Crippen LogP contribution is 2.30. The molecule has 1 unspecified atom stereocenters. The van der Waals surface area contributed by atoms with Gasteiger partial charge in [0.2, 0.25) is 0 Å². The molecule has 1 aromatic carbocycles. The minimum absolute atomic E-state index is 0.0465. The molecule has 27 heavy (non-hydrogen) atoms. The first-order valence-corrected chi connectivity index (χ1v) is 9.41. The van der Waals surface area contributed by atoms with Crippen molar-refractivity contribution in [2.75, 3.05) is 20.2 Å². The number of halogens is 4. The van der Waals surface area contributed by atoms with Crippen molar-refractivity contribution >= 4 is 28.9 Å². The lowest BCUT2D eigenvalue weighted by atomic mass is 10.1. The number of aliphatic imine (C=N–C) groups is 1. The average Bonchev–Trinajstić information content (AvgIpc) is 3.09. The van der Waals surface area contributed by atoms with Crippen molar-refractivity contribution in [3.63, 3.8) is 0 Å². The summed E-state index contributed by atoms with van der Waals surface area (Å²) in [5.41, 5.74) is 0.0131. The van der Waals surface area contributed by atoms with Crippen LogP contribution in [0.5, 0.6) is 0 Å². The normalized spacial score (nSPS) is 13.5. The van der Waals surface area contributed by atoms with E-state index < -0.39 is 11.9 Å². The van der Waals surface area contributed by atoms with E-state index in [2.05, 4.69) is 20.6 Å². The molecule has 5 nitrogen and oxygen atoms in total. The van der Waals surface area contributed by atoms with Crippen LogP contribution in [0.4, 0.5) is 13.2 Å². The van der Waals surface area contributed by atoms with Gasteiger partial charge in [0.1, 0.15) is 5.01 Å². The Balaban J connectivity index is 2.01. The quantitative estimate of drug-likeness (QED) is 0.519. The van der Waals surface area contributed by atoms with Gasteiger partial charge in [-0.1, -0.05) is 23.7 Å². The fraction of sp³-hybridized carbons (Fsp3) is 0.412. The summed E-state index contributed by atoms with van der Waals surface area (Å²) in [6.07, 6.45) is -4.70. The monoisotopic (exact) mass is 420 g/mol. The molecule has 1 heterocycles. The number of alkyl halides is 3. The zero-order chi connectivity index (χ0) is 19.9. The molecule has 0 fully saturated rings. The Bertz CT molecular complexity index is 767. The Morgan fingerprint density at radius 2 is 2.15 bits per heavy atom. The second kappa shape index (κ2) is 9.91. The summed E-state index contributed by atoms with van der Waals surface area (Å²) in [5, 5.41) is 8.06. The van der Waals surface area contributed by atoms with E-state index in [4.69, 9.17) is 16.3 Å². The highest BCUT2D eigenvalue weighted by Gasteiger charge is 2.33. The highest BCUT2D eigenvalue weighted by molar-refractivity contribution is 7.09. The lowest BCUT2D eigenvalue weighted by Gasteiger charge is -2.18. The second-order valence-corrected chi connectivity index (χ2v) is 6.86. The molecule has 2 aromatic rings. The fourth-order valence-corrected chi connectivity index (χ4v) is 3.16. The highest BCUT2D eigenvalue weighted by atomic mass is 35.5. The van der Waals surface area contributed by atoms with Gasteiger partial charge in [0.05, 0.1) is 12.6 Å². The number of nitrogens with zero attached hydrogens (tertiary/aromatic N) is 2. The van der Waals surface area contributed by atoms with E-state index in [-0.39, 0.29) is 17.7 Å². The number of nitrogens with one attached hydrogen (secondary N) is 2. The number of hydrogen-bond donors (Lipinski definition) is 2. The third-order valence-electron chi connectivity index (χ3n) is 3.52. The molecule has 148 valence electrons. The van der Waals surface area contributed by atoms with Gasteiger partial charge in [-0.25, -0.2) is 9.98 Å². The summed E-state index contributed by atoms with van der Waals surface area (Å²) in [4.78, 5) is 7.86. The lowest BCUT2D eigenvalue weighted by molar-refractivity contribution is -0.140. The summed E-state index contributed by atoms with van der Waals surface area (Å²) in [6.45, 7) is 2.96. The standard InChI is InChI=1S/C17H20ClF3N4OS/c1-3-22-16(24-9-15-25-14(10-27-15)17(19,20)21)23-8-13(26-2)11-5-4-6-12(18)7-11/h4-7,10,13H,3,8-9H2,1-2H3,(H2,22,23,24). The summed E-state index contributed by atoms with van der Waals surface area (Å²) in [6, 6.07) is 7.33. The van der Waals surface area contributed by atoms with E-state index >= 15 is 0 Å². The van der Waals surface area contributed by atoms with Crippen molar-refractivity contribution in [1.82, 2.24) is 15.6 Å². The lowest BCUT2D eigenvalue weighted by Crippen LogP contribution is -2.39. The molecule has 0 aliphatic carbocycles. The first-order chi connectivity index (χ1) is 12.8. The van der Waals surface area contributed by atoms with Crippen LogP contribution in [0, 0.1) is 0 Å². The molecule has 1 aromatic heterocycles. The van der Waals surface area contributed by atoms with Crippen molar-refractivity contribution < 1.29 is 17.9 Å². The molecule has 0 saturated heterocycles. The van der Waals surface area contributed by atoms with E-state index in [1.807, 2.05) is 25.1 Å². The van der Waals surface area contributed by atoms with E-state index in [0.29, 0.717) is 24.1 Å². The van der Waals surface area contributed by atoms with Gasteiger partial charge in [0.25, 0.3) is 0 Å². The third-order valence-corrected chi connectivity index (χ3v) is 4.59. The van der Waals surface area contributed by atoms with Crippen LogP contribution in [0.25, 0.3) is 0 Å². The number of guanidine groups is 1. The first kappa shape index (κ1) is 21.5. The summed E-state index contributed by atoms with van der Waals surface area (Å²) >= 11 is 6.94. The van der Waals surface area contributed by atoms with E-state index in [1.165, 1.54) is 0 Å². The van der Waals surface area contributed by atoms with Crippen LogP contribution in [0.15, 0.2) is 34.6 Å². The van der Waals surface area contributed by atoms with Gasteiger partial charge in [-0.3, -0.25) is 0 Å². The zero-order valence-corrected chi connectivity index (χ0v) is 16.4. The molecule has 0 spiro atoms. The Kier molecular flexibility index (Phi) is 7.88. The third kappa shape index (κ3) is 6.67. The Morgan fingerprint density at radius 1 is 1.37 bits per heavy atom. The Hall–Kier alpha value is -1.84. The summed E-state index contributed by atoms with van der Waals surface area (Å²) in [5.74, 6) is 0.463. The summed E-state index contributed by atoms with van der Waals surface area (Å²) < 4.78 is 43.3. The molecule has 0 bridgehead atoms. The van der Waals surface area contributed by atoms with E-state index in [0.717, 1.165) is 22.3 Å². The van der Waals surface area contributed by atoms with Gasteiger partial charge in [-0.05, 0) is 24.6 Å². The SMILES string of the molecule is CCNC(=NCc1nc(C(F)(F)F)cs1)NCC(OC)c1cccc(Cl)c1. The second-order valence-electron chi connectivity index (χ2n) is 5.48. The molecule has 2 rings (SSSR count). The van der Waals surface area contributed by atoms with Crippen molar-refractivity contribution in [2.24, 2.45) is 4.99 Å². The molecule has 1 atom stereocenters. The predicted octanol–water partition coefficient (Wildman–Crippen LogP) is 4.26. The zero-order valence-electron chi connectivity index (χ0n) is 14.8. The molecule has 0 amide bonds. The topological polar surface area (TPSA) is 58.5 Å². The van der Waals surface area contributed by atoms with Gasteiger partial charge in [-0.15, -0.1) is 11.3 Å². The number of benzene rings is 1. The van der Waals surface area contributed by atoms with Crippen molar-refractivity contribution in [2.45, 2.75) is 25.7 Å². The Labute approximate surface area is 164 Å². The molecular weight excluding hydrogens is 401 g/mol. The van der Waals surface area contributed by atoms with Crippen molar-refractivity contribution in [3.8, 4) is 0 Å². The number of thiazole rings is 1. The van der Waals surface area contributed by atoms with Gasteiger partial charge in [0, 0.05) is 30.6 Å². The minimum Gasteiger partial charge on any atom is -0.375 e. The molecule has 2 N–H and O–H groups in total. The molecule has 0 saturated carbocycles. The number of ether oxygens (including phenoxy) is 1. The average molecular weight is 421 g/mol. The minimum atomic E-state index is -4.44. The van der Waals surface area contributed by atoms with Gasteiger partial charge < -0.3 is 15.4 Å². The molecule has 0 radical (unpaired) electrons. The number of methoxy groups -OCH3 is 1. The van der Waals surface area contributed by atoms with Gasteiger partial charge in [-0.2, -0.15) is 13.2 Å². The first-order valence-electron chi connectivity index (χ1n) is 8.15. The maximum absolute atomic E-state index is 12.6. The summed E-state index contributed by atoms with van der Waals surface area (Å²) in [7, 11) is 1.59. The largest absolute Gasteiger partial charge is 0.434 e. The number of aromatic nitrogens is 1. The van der Waals surface area contributed by atoms with Crippen LogP contribution in [0.2, 0.25) is 5.02 Å². The van der Waals surface area contributed by atoms with Crippen LogP contribution < -0.4 is 10.6 Å². The number of hydrogen-bond acceptors (Lipinski definition) is 4. The van der Waals surface area contributed by atoms with Crippen LogP contribution in [-0.2, 0) is 17.5 Å². The molecule has 10 heteroatoms. The predicted molar refractivity (Wildman–Crippen MR) is 101 cm³/mol. The molecule has 0 aliphatic rings. The maximum Gasteiger partial charge on any atom is 0.434 e. The van der Waals surface area contributed by atoms with Crippen LogP contribution in [-0.4, -0.2) is 31.1 Å². The van der Waals surface area contributed by atoms with Crippen molar-refractivity contribution in [3.05, 3.63) is 50.9 Å². The Morgan fingerprint density at radius 3 is 2.74 bits per heavy atom. The van der Waals surface area contributed by atoms with Crippen molar-refractivity contribution in [1.29, 1.82) is 0 Å². The van der Waals surface area contributed by atoms with Crippen LogP contribution in [0.3, 0.4) is 0 Å². The van der Waals surface area contributed by atoms with Gasteiger partial charge in [0.15, 0.2) is 11.7 Å². The molecular formula is C17H20ClF3N4OS. The van der Waals surface area contributed by atoms with Crippen LogP contribution >= 0.6 is 22.9 Å². The maximum atomic E-state index is 12.6. The van der Waals surface area contributed by atoms with Crippen LogP contribution in [0.1, 0.15) is 29.3 Å². The fourth-order valence-electron chi connectivity index (χ4n) is 2.24.